The summed E-state index contributed by atoms with van der Waals surface area (Å²) in [5, 5.41) is 3.38. The van der Waals surface area contributed by atoms with Gasteiger partial charge in [-0.1, -0.05) is 12.8 Å². The van der Waals surface area contributed by atoms with Gasteiger partial charge in [0.2, 0.25) is 17.8 Å². The van der Waals surface area contributed by atoms with Gasteiger partial charge in [0, 0.05) is 19.1 Å². The third-order valence-corrected chi connectivity index (χ3v) is 3.74. The van der Waals surface area contributed by atoms with Gasteiger partial charge in [-0.25, -0.2) is 5.84 Å². The third kappa shape index (κ3) is 3.07. The van der Waals surface area contributed by atoms with Crippen LogP contribution < -0.4 is 21.5 Å². The van der Waals surface area contributed by atoms with Gasteiger partial charge >= 0.3 is 0 Å². The Morgan fingerprint density at radius 3 is 2.45 bits per heavy atom. The van der Waals surface area contributed by atoms with Crippen molar-refractivity contribution in [1.29, 1.82) is 0 Å². The molecular weight excluding hydrogens is 258 g/mol. The van der Waals surface area contributed by atoms with E-state index in [9.17, 15) is 0 Å². The number of nitrogens with one attached hydrogen (secondary N) is 2. The summed E-state index contributed by atoms with van der Waals surface area (Å²) >= 11 is 0. The molecule has 2 heterocycles. The summed E-state index contributed by atoms with van der Waals surface area (Å²) in [5.41, 5.74) is 2.51. The molecule has 0 bridgehead atoms. The summed E-state index contributed by atoms with van der Waals surface area (Å²) < 4.78 is 5.35. The van der Waals surface area contributed by atoms with Gasteiger partial charge in [-0.05, 0) is 12.8 Å². The highest BCUT2D eigenvalue weighted by Gasteiger charge is 2.19. The standard InChI is InChI=1S/C12H21N7O/c13-18-11-15-10(14-9-3-1-2-4-9)16-12(17-11)19-5-7-20-8-6-19/h9H,1-8,13H2,(H2,14,15,16,17,18). The Labute approximate surface area is 118 Å². The summed E-state index contributed by atoms with van der Waals surface area (Å²) in [6, 6.07) is 0.459. The number of ether oxygens (including phenoxy) is 1. The predicted octanol–water partition coefficient (Wildman–Crippen LogP) is 0.348. The second-order valence-electron chi connectivity index (χ2n) is 5.15. The van der Waals surface area contributed by atoms with Crippen LogP contribution in [-0.2, 0) is 4.74 Å². The second-order valence-corrected chi connectivity index (χ2v) is 5.15. The molecule has 0 amide bonds. The zero-order valence-corrected chi connectivity index (χ0v) is 11.5. The molecule has 1 aliphatic carbocycles. The fraction of sp³-hybridized carbons (Fsp3) is 0.750. The van der Waals surface area contributed by atoms with Gasteiger partial charge in [0.1, 0.15) is 0 Å². The van der Waals surface area contributed by atoms with Crippen LogP contribution in [0.25, 0.3) is 0 Å². The molecular formula is C12H21N7O. The first-order chi connectivity index (χ1) is 9.85. The van der Waals surface area contributed by atoms with Crippen LogP contribution >= 0.6 is 0 Å². The van der Waals surface area contributed by atoms with Crippen LogP contribution in [0.15, 0.2) is 0 Å². The van der Waals surface area contributed by atoms with E-state index in [2.05, 4.69) is 30.6 Å². The highest BCUT2D eigenvalue weighted by Crippen LogP contribution is 2.22. The van der Waals surface area contributed by atoms with E-state index in [0.717, 1.165) is 13.1 Å². The van der Waals surface area contributed by atoms with Crippen molar-refractivity contribution in [2.75, 3.05) is 41.9 Å². The Hall–Kier alpha value is -1.67. The Morgan fingerprint density at radius 2 is 1.75 bits per heavy atom. The van der Waals surface area contributed by atoms with Crippen molar-refractivity contribution in [1.82, 2.24) is 15.0 Å². The zero-order chi connectivity index (χ0) is 13.8. The number of rotatable bonds is 4. The fourth-order valence-corrected chi connectivity index (χ4v) is 2.65. The number of nitrogen functional groups attached to an aromatic ring is 1. The van der Waals surface area contributed by atoms with E-state index in [0.29, 0.717) is 37.1 Å². The summed E-state index contributed by atoms with van der Waals surface area (Å²) in [4.78, 5) is 15.2. The van der Waals surface area contributed by atoms with Crippen molar-refractivity contribution in [3.63, 3.8) is 0 Å². The molecule has 8 nitrogen and oxygen atoms in total. The number of nitrogens with two attached hydrogens (primary N) is 1. The van der Waals surface area contributed by atoms with Crippen LogP contribution in [0.3, 0.4) is 0 Å². The number of morpholine rings is 1. The van der Waals surface area contributed by atoms with Gasteiger partial charge in [-0.15, -0.1) is 0 Å². The topological polar surface area (TPSA) is 101 Å². The molecule has 2 aliphatic rings. The van der Waals surface area contributed by atoms with E-state index < -0.39 is 0 Å². The lowest BCUT2D eigenvalue weighted by atomic mass is 10.3. The normalized spacial score (nSPS) is 20.1. The van der Waals surface area contributed by atoms with Crippen molar-refractivity contribution in [2.24, 2.45) is 5.84 Å². The van der Waals surface area contributed by atoms with E-state index in [4.69, 9.17) is 10.6 Å². The average Bonchev–Trinajstić information content (AvgIpc) is 3.00. The lowest BCUT2D eigenvalue weighted by Gasteiger charge is -2.27. The molecule has 3 rings (SSSR count). The molecule has 2 fully saturated rings. The van der Waals surface area contributed by atoms with Crippen molar-refractivity contribution in [3.05, 3.63) is 0 Å². The molecule has 8 heteroatoms. The SMILES string of the molecule is NNc1nc(NC2CCCC2)nc(N2CCOCC2)n1. The smallest absolute Gasteiger partial charge is 0.243 e. The number of aromatic nitrogens is 3. The van der Waals surface area contributed by atoms with Gasteiger partial charge < -0.3 is 15.0 Å². The molecule has 1 aliphatic heterocycles. The molecule has 0 aromatic carbocycles. The minimum atomic E-state index is 0.391. The van der Waals surface area contributed by atoms with E-state index in [1.165, 1.54) is 25.7 Å². The van der Waals surface area contributed by atoms with E-state index >= 15 is 0 Å². The fourth-order valence-electron chi connectivity index (χ4n) is 2.65. The van der Waals surface area contributed by atoms with E-state index in [1.54, 1.807) is 0 Å². The monoisotopic (exact) mass is 279 g/mol. The minimum absolute atomic E-state index is 0.391. The number of hydrazine groups is 1. The summed E-state index contributed by atoms with van der Waals surface area (Å²) in [6.07, 6.45) is 4.87. The van der Waals surface area contributed by atoms with Gasteiger partial charge in [0.05, 0.1) is 13.2 Å². The van der Waals surface area contributed by atoms with E-state index in [1.807, 2.05) is 0 Å². The molecule has 1 saturated carbocycles. The quantitative estimate of drug-likeness (QED) is 0.536. The van der Waals surface area contributed by atoms with Crippen LogP contribution in [0.1, 0.15) is 25.7 Å². The van der Waals surface area contributed by atoms with E-state index in [-0.39, 0.29) is 0 Å². The van der Waals surface area contributed by atoms with Crippen LogP contribution in [-0.4, -0.2) is 47.3 Å². The minimum Gasteiger partial charge on any atom is -0.378 e. The van der Waals surface area contributed by atoms with Gasteiger partial charge in [0.15, 0.2) is 0 Å². The maximum atomic E-state index is 5.45. The first-order valence-corrected chi connectivity index (χ1v) is 7.17. The van der Waals surface area contributed by atoms with Crippen LogP contribution in [0.4, 0.5) is 17.8 Å². The van der Waals surface area contributed by atoms with Crippen molar-refractivity contribution >= 4 is 17.8 Å². The lowest BCUT2D eigenvalue weighted by molar-refractivity contribution is 0.122. The van der Waals surface area contributed by atoms with Gasteiger partial charge in [-0.3, -0.25) is 5.43 Å². The first kappa shape index (κ1) is 13.3. The van der Waals surface area contributed by atoms with Crippen molar-refractivity contribution in [3.8, 4) is 0 Å². The lowest BCUT2D eigenvalue weighted by Crippen LogP contribution is -2.37. The molecule has 0 unspecified atom stereocenters. The van der Waals surface area contributed by atoms with Crippen LogP contribution in [0.2, 0.25) is 0 Å². The summed E-state index contributed by atoms with van der Waals surface area (Å²) in [7, 11) is 0. The molecule has 4 N–H and O–H groups in total. The predicted molar refractivity (Wildman–Crippen MR) is 76.5 cm³/mol. The van der Waals surface area contributed by atoms with Crippen LogP contribution in [0, 0.1) is 0 Å². The molecule has 1 aromatic rings. The third-order valence-electron chi connectivity index (χ3n) is 3.74. The van der Waals surface area contributed by atoms with Gasteiger partial charge in [-0.2, -0.15) is 15.0 Å². The first-order valence-electron chi connectivity index (χ1n) is 7.17. The molecule has 1 saturated heterocycles. The highest BCUT2D eigenvalue weighted by atomic mass is 16.5. The number of nitrogens with zero attached hydrogens (tertiary/aromatic N) is 4. The zero-order valence-electron chi connectivity index (χ0n) is 11.5. The van der Waals surface area contributed by atoms with Crippen LogP contribution in [0.5, 0.6) is 0 Å². The Balaban J connectivity index is 1.77. The molecule has 0 radical (unpaired) electrons. The Kier molecular flexibility index (Phi) is 4.12. The molecule has 1 aromatic heterocycles. The molecule has 0 atom stereocenters. The molecule has 0 spiro atoms. The van der Waals surface area contributed by atoms with Crippen molar-refractivity contribution in [2.45, 2.75) is 31.7 Å². The van der Waals surface area contributed by atoms with Crippen molar-refractivity contribution < 1.29 is 4.74 Å². The second kappa shape index (κ2) is 6.19. The maximum absolute atomic E-state index is 5.45. The number of anilines is 3. The number of hydrogen-bond donors (Lipinski definition) is 3. The Bertz CT molecular complexity index is 443. The average molecular weight is 279 g/mol. The maximum Gasteiger partial charge on any atom is 0.243 e. The summed E-state index contributed by atoms with van der Waals surface area (Å²) in [6.45, 7) is 2.97. The Morgan fingerprint density at radius 1 is 1.05 bits per heavy atom. The molecule has 110 valence electrons. The highest BCUT2D eigenvalue weighted by molar-refractivity contribution is 5.44. The largest absolute Gasteiger partial charge is 0.378 e. The number of hydrogen-bond acceptors (Lipinski definition) is 8. The van der Waals surface area contributed by atoms with Gasteiger partial charge in [0.25, 0.3) is 0 Å². The molecule has 20 heavy (non-hydrogen) atoms. The summed E-state index contributed by atoms with van der Waals surface area (Å²) in [5.74, 6) is 7.09.